The number of benzene rings is 9. The van der Waals surface area contributed by atoms with Crippen LogP contribution in [0.1, 0.15) is 48.6 Å². The average Bonchev–Trinajstić information content (AvgIpc) is 4.16. The number of furan rings is 2. The Bertz CT molecular complexity index is 4410. The van der Waals surface area contributed by atoms with E-state index < -0.39 is 0 Å². The summed E-state index contributed by atoms with van der Waals surface area (Å²) in [6.07, 6.45) is 4.11. The molecule has 0 N–H and O–H groups in total. The molecule has 0 aliphatic heterocycles. The summed E-state index contributed by atoms with van der Waals surface area (Å²) in [7, 11) is 0. The molecule has 1 fully saturated rings. The Hall–Kier alpha value is -8.84. The highest BCUT2D eigenvalue weighted by atomic mass is 16.3. The molecule has 16 rings (SSSR count). The van der Waals surface area contributed by atoms with Gasteiger partial charge >= 0.3 is 0 Å². The van der Waals surface area contributed by atoms with Crippen LogP contribution in [0.2, 0.25) is 0 Å². The number of fused-ring (bicyclic) bond motifs is 16. The minimum atomic E-state index is 0.203. The van der Waals surface area contributed by atoms with Crippen molar-refractivity contribution in [3.8, 4) is 33.6 Å². The van der Waals surface area contributed by atoms with Crippen molar-refractivity contribution >= 4 is 98.9 Å². The lowest BCUT2D eigenvalue weighted by Crippen LogP contribution is -2.25. The van der Waals surface area contributed by atoms with Gasteiger partial charge < -0.3 is 18.0 Å². The molecule has 9 aromatic carbocycles. The first-order valence-electron chi connectivity index (χ1n) is 23.5. The Labute approximate surface area is 390 Å². The minimum Gasteiger partial charge on any atom is -0.455 e. The molecule has 0 radical (unpaired) electrons. The molecule has 3 aliphatic rings. The molecule has 3 aliphatic carbocycles. The maximum atomic E-state index is 9.22. The van der Waals surface area contributed by atoms with Crippen LogP contribution in [-0.4, -0.2) is 9.13 Å². The van der Waals surface area contributed by atoms with Gasteiger partial charge in [0.15, 0.2) is 0 Å². The van der Waals surface area contributed by atoms with E-state index >= 15 is 0 Å². The quantitative estimate of drug-likeness (QED) is 0.165. The van der Waals surface area contributed by atoms with E-state index in [2.05, 4.69) is 164 Å². The third kappa shape index (κ3) is 4.93. The molecule has 0 amide bonds. The molecule has 2 bridgehead atoms. The van der Waals surface area contributed by atoms with Crippen molar-refractivity contribution in [3.63, 3.8) is 0 Å². The van der Waals surface area contributed by atoms with Crippen LogP contribution in [0.4, 0.5) is 11.4 Å². The lowest BCUT2D eigenvalue weighted by Gasteiger charge is -2.42. The Morgan fingerprint density at radius 1 is 0.382 bits per heavy atom. The van der Waals surface area contributed by atoms with Gasteiger partial charge in [0.1, 0.15) is 22.3 Å². The molecule has 6 nitrogen and oxygen atoms in total. The van der Waals surface area contributed by atoms with Gasteiger partial charge in [-0.2, -0.15) is 0 Å². The summed E-state index contributed by atoms with van der Waals surface area (Å²) < 4.78 is 18.6. The molecule has 0 atom stereocenters. The van der Waals surface area contributed by atoms with E-state index in [0.29, 0.717) is 11.4 Å². The van der Waals surface area contributed by atoms with Crippen LogP contribution in [-0.2, 0) is 0 Å². The summed E-state index contributed by atoms with van der Waals surface area (Å²) in [5, 5.41) is 8.35. The Morgan fingerprint density at radius 3 is 1.32 bits per heavy atom. The van der Waals surface area contributed by atoms with Gasteiger partial charge in [-0.3, -0.25) is 0 Å². The minimum absolute atomic E-state index is 0.203. The van der Waals surface area contributed by atoms with Crippen molar-refractivity contribution in [2.24, 2.45) is 0 Å². The summed E-state index contributed by atoms with van der Waals surface area (Å²) in [5.41, 5.74) is 16.5. The van der Waals surface area contributed by atoms with Gasteiger partial charge in [0.05, 0.1) is 57.4 Å². The maximum Gasteiger partial charge on any atom is 0.220 e. The highest BCUT2D eigenvalue weighted by Gasteiger charge is 2.41. The molecule has 68 heavy (non-hydrogen) atoms. The third-order valence-electron chi connectivity index (χ3n) is 15.4. The second-order valence-electron chi connectivity index (χ2n) is 18.7. The number of nitrogens with zero attached hydrogens (tertiary/aromatic N) is 4. The normalized spacial score (nSPS) is 15.7. The average molecular weight is 871 g/mol. The van der Waals surface area contributed by atoms with Crippen LogP contribution < -0.4 is 0 Å². The third-order valence-corrected chi connectivity index (χ3v) is 15.4. The first-order valence-corrected chi connectivity index (χ1v) is 23.5. The Balaban J connectivity index is 1.16. The number of hydrogen-bond donors (Lipinski definition) is 0. The van der Waals surface area contributed by atoms with Gasteiger partial charge in [0.2, 0.25) is 11.4 Å². The summed E-state index contributed by atoms with van der Waals surface area (Å²) in [6, 6.07) is 60.0. The van der Waals surface area contributed by atoms with Crippen molar-refractivity contribution < 1.29 is 8.83 Å². The van der Waals surface area contributed by atoms with Crippen molar-refractivity contribution in [1.29, 1.82) is 0 Å². The zero-order valence-electron chi connectivity index (χ0n) is 36.8. The summed E-state index contributed by atoms with van der Waals surface area (Å²) in [6.45, 7) is 18.2. The predicted octanol–water partition coefficient (Wildman–Crippen LogP) is 17.9. The number of hydrogen-bond acceptors (Lipinski definition) is 2. The fourth-order valence-electron chi connectivity index (χ4n) is 12.6. The summed E-state index contributed by atoms with van der Waals surface area (Å²) in [5.74, 6) is 0.420. The molecule has 0 unspecified atom stereocenters. The zero-order valence-corrected chi connectivity index (χ0v) is 36.8. The molecule has 1 saturated carbocycles. The first kappa shape index (κ1) is 37.4. The Morgan fingerprint density at radius 2 is 0.824 bits per heavy atom. The van der Waals surface area contributed by atoms with Gasteiger partial charge in [-0.25, -0.2) is 9.69 Å². The maximum absolute atomic E-state index is 9.22. The van der Waals surface area contributed by atoms with Crippen molar-refractivity contribution in [2.45, 2.75) is 37.5 Å². The van der Waals surface area contributed by atoms with Crippen molar-refractivity contribution in [1.82, 2.24) is 9.13 Å². The molecule has 0 saturated heterocycles. The topological polar surface area (TPSA) is 44.9 Å². The summed E-state index contributed by atoms with van der Waals surface area (Å²) >= 11 is 0. The number of para-hydroxylation sites is 2. The number of aromatic nitrogens is 2. The van der Waals surface area contributed by atoms with E-state index in [1.54, 1.807) is 0 Å². The molecule has 4 heterocycles. The van der Waals surface area contributed by atoms with Gasteiger partial charge in [0, 0.05) is 32.3 Å². The van der Waals surface area contributed by atoms with Crippen LogP contribution in [0, 0.1) is 13.1 Å². The molecule has 318 valence electrons. The SMILES string of the molecule is [C-]#[N+]c1c([N+]#[C-])c(-n2c3ccc(-c4ccccc4)cc3c3c4oc5ccccc5c4ccc32)c(-n2c3ccc(-c4ccccc4)cc3c3c4oc5ccccc5c4ccc32)c2c1C1CCC2CC1. The molecular formula is C62H38N4O2. The van der Waals surface area contributed by atoms with Crippen LogP contribution in [0.3, 0.4) is 0 Å². The standard InChI is InChI=1S/C62H38N4O2/c1-63-57-53-37-21-23-38(24-22-37)54(53)59(65-47-29-25-39(35-13-5-3-6-14-35)33-45(47)55-49(65)31-27-43-41-17-9-11-19-51(41)67-61(43)55)60(58(57)64-2)66-48-30-26-40(36-15-7-4-8-16-36)34-46(48)56-50(66)32-28-44-42-18-10-12-20-52(42)68-62(44)56/h3-20,25-34,37-38H,21-24H2. The van der Waals surface area contributed by atoms with Crippen LogP contribution in [0.15, 0.2) is 179 Å². The number of rotatable bonds is 4. The second kappa shape index (κ2) is 13.8. The molecule has 6 heteroatoms. The molecular weight excluding hydrogens is 833 g/mol. The van der Waals surface area contributed by atoms with Gasteiger partial charge in [0.25, 0.3) is 0 Å². The van der Waals surface area contributed by atoms with Crippen LogP contribution in [0.25, 0.3) is 131 Å². The van der Waals surface area contributed by atoms with E-state index in [1.807, 2.05) is 24.3 Å². The monoisotopic (exact) mass is 870 g/mol. The highest BCUT2D eigenvalue weighted by molar-refractivity contribution is 6.26. The molecule has 13 aromatic rings. The largest absolute Gasteiger partial charge is 0.455 e. The molecule has 4 aromatic heterocycles. The highest BCUT2D eigenvalue weighted by Crippen LogP contribution is 2.61. The van der Waals surface area contributed by atoms with Gasteiger partial charge in [-0.15, -0.1) is 0 Å². The van der Waals surface area contributed by atoms with Gasteiger partial charge in [-0.1, -0.05) is 109 Å². The molecule has 0 spiro atoms. The second-order valence-corrected chi connectivity index (χ2v) is 18.7. The van der Waals surface area contributed by atoms with E-state index in [-0.39, 0.29) is 11.8 Å². The zero-order chi connectivity index (χ0) is 44.8. The predicted molar refractivity (Wildman–Crippen MR) is 277 cm³/mol. The fraction of sp³-hybridized carbons (Fsp3) is 0.0968. The smallest absolute Gasteiger partial charge is 0.220 e. The Kier molecular flexibility index (Phi) is 7.61. The van der Waals surface area contributed by atoms with Crippen LogP contribution >= 0.6 is 0 Å². The van der Waals surface area contributed by atoms with Crippen molar-refractivity contribution in [3.05, 3.63) is 204 Å². The van der Waals surface area contributed by atoms with Crippen LogP contribution in [0.5, 0.6) is 0 Å². The lowest BCUT2D eigenvalue weighted by molar-refractivity contribution is 0.359. The lowest BCUT2D eigenvalue weighted by atomic mass is 9.65. The van der Waals surface area contributed by atoms with E-state index in [9.17, 15) is 6.57 Å². The van der Waals surface area contributed by atoms with E-state index in [1.165, 1.54) is 5.56 Å². The van der Waals surface area contributed by atoms with E-state index in [0.717, 1.165) is 152 Å². The first-order chi connectivity index (χ1) is 33.7. The van der Waals surface area contributed by atoms with Gasteiger partial charge in [-0.05, 0) is 132 Å². The fourth-order valence-corrected chi connectivity index (χ4v) is 12.6. The van der Waals surface area contributed by atoms with E-state index in [4.69, 9.17) is 15.4 Å². The van der Waals surface area contributed by atoms with Crippen molar-refractivity contribution in [2.75, 3.05) is 0 Å². The summed E-state index contributed by atoms with van der Waals surface area (Å²) in [4.78, 5) is 8.86.